The van der Waals surface area contributed by atoms with Gasteiger partial charge in [0.2, 0.25) is 0 Å². The molecule has 11 heavy (non-hydrogen) atoms. The normalized spacial score (nSPS) is 13.1. The van der Waals surface area contributed by atoms with Crippen LogP contribution in [0.4, 0.5) is 0 Å². The number of hydrogen-bond donors (Lipinski definition) is 0. The van der Waals surface area contributed by atoms with Crippen LogP contribution in [0.3, 0.4) is 0 Å². The summed E-state index contributed by atoms with van der Waals surface area (Å²) in [5.41, 5.74) is 1.37. The molecule has 0 aliphatic heterocycles. The molecular formula is C10H19N. The fraction of sp³-hybridized carbons (Fsp3) is 0.600. The molecule has 1 nitrogen and oxygen atoms in total. The van der Waals surface area contributed by atoms with E-state index < -0.39 is 0 Å². The van der Waals surface area contributed by atoms with Crippen LogP contribution in [0.1, 0.15) is 20.8 Å². The van der Waals surface area contributed by atoms with Gasteiger partial charge in [0, 0.05) is 20.3 Å². The predicted octanol–water partition coefficient (Wildman–Crippen LogP) is 2.66. The zero-order valence-electron chi connectivity index (χ0n) is 8.26. The Bertz CT molecular complexity index is 152. The third kappa shape index (κ3) is 4.65. The van der Waals surface area contributed by atoms with Crippen molar-refractivity contribution in [3.05, 3.63) is 23.9 Å². The van der Waals surface area contributed by atoms with Crippen LogP contribution < -0.4 is 0 Å². The van der Waals surface area contributed by atoms with Crippen molar-refractivity contribution >= 4 is 0 Å². The minimum atomic E-state index is 0.605. The maximum Gasteiger partial charge on any atom is 0.00557 e. The van der Waals surface area contributed by atoms with Crippen molar-refractivity contribution in [2.75, 3.05) is 14.1 Å². The van der Waals surface area contributed by atoms with Crippen LogP contribution in [-0.2, 0) is 0 Å². The van der Waals surface area contributed by atoms with Gasteiger partial charge in [-0.05, 0) is 18.4 Å². The van der Waals surface area contributed by atoms with E-state index in [0.29, 0.717) is 5.92 Å². The van der Waals surface area contributed by atoms with Crippen LogP contribution >= 0.6 is 0 Å². The van der Waals surface area contributed by atoms with Gasteiger partial charge in [0.15, 0.2) is 0 Å². The van der Waals surface area contributed by atoms with Crippen molar-refractivity contribution in [3.8, 4) is 0 Å². The Morgan fingerprint density at radius 2 is 1.82 bits per heavy atom. The lowest BCUT2D eigenvalue weighted by molar-refractivity contribution is 0.550. The Morgan fingerprint density at radius 1 is 1.27 bits per heavy atom. The summed E-state index contributed by atoms with van der Waals surface area (Å²) < 4.78 is 0. The van der Waals surface area contributed by atoms with Gasteiger partial charge >= 0.3 is 0 Å². The summed E-state index contributed by atoms with van der Waals surface area (Å²) in [6, 6.07) is 0. The second-order valence-corrected chi connectivity index (χ2v) is 3.25. The first-order valence-corrected chi connectivity index (χ1v) is 4.08. The monoisotopic (exact) mass is 153 g/mol. The van der Waals surface area contributed by atoms with E-state index in [4.69, 9.17) is 0 Å². The van der Waals surface area contributed by atoms with E-state index >= 15 is 0 Å². The van der Waals surface area contributed by atoms with E-state index in [9.17, 15) is 0 Å². The molecule has 0 aromatic heterocycles. The summed E-state index contributed by atoms with van der Waals surface area (Å²) >= 11 is 0. The molecule has 1 heteroatoms. The molecule has 0 spiro atoms. The minimum Gasteiger partial charge on any atom is -0.383 e. The van der Waals surface area contributed by atoms with Gasteiger partial charge in [0.1, 0.15) is 0 Å². The summed E-state index contributed by atoms with van der Waals surface area (Å²) in [7, 11) is 4.10. The van der Waals surface area contributed by atoms with E-state index in [1.54, 1.807) is 0 Å². The first kappa shape index (κ1) is 10.3. The van der Waals surface area contributed by atoms with Crippen LogP contribution in [-0.4, -0.2) is 19.0 Å². The number of allylic oxidation sites excluding steroid dienone is 3. The Morgan fingerprint density at radius 3 is 2.09 bits per heavy atom. The van der Waals surface area contributed by atoms with E-state index in [1.165, 1.54) is 5.57 Å². The quantitative estimate of drug-likeness (QED) is 0.563. The highest BCUT2D eigenvalue weighted by Crippen LogP contribution is 2.10. The average molecular weight is 153 g/mol. The van der Waals surface area contributed by atoms with Gasteiger partial charge in [-0.2, -0.15) is 0 Å². The molecule has 0 heterocycles. The predicted molar refractivity (Wildman–Crippen MR) is 51.4 cm³/mol. The molecule has 0 amide bonds. The number of hydrogen-bond acceptors (Lipinski definition) is 1. The summed E-state index contributed by atoms with van der Waals surface area (Å²) in [4.78, 5) is 2.08. The van der Waals surface area contributed by atoms with E-state index in [2.05, 4.69) is 37.1 Å². The third-order valence-corrected chi connectivity index (χ3v) is 1.43. The highest BCUT2D eigenvalue weighted by Gasteiger charge is 1.97. The smallest absolute Gasteiger partial charge is 0.00557 e. The molecule has 0 aromatic carbocycles. The van der Waals surface area contributed by atoms with Crippen LogP contribution in [0.15, 0.2) is 23.9 Å². The maximum atomic E-state index is 2.20. The van der Waals surface area contributed by atoms with Crippen LogP contribution in [0, 0.1) is 5.92 Å². The summed E-state index contributed by atoms with van der Waals surface area (Å²) in [6.07, 6.45) is 6.39. The zero-order valence-corrected chi connectivity index (χ0v) is 8.26. The lowest BCUT2D eigenvalue weighted by Crippen LogP contribution is -2.04. The van der Waals surface area contributed by atoms with E-state index in [-0.39, 0.29) is 0 Å². The molecule has 0 aromatic rings. The topological polar surface area (TPSA) is 3.24 Å². The highest BCUT2D eigenvalue weighted by molar-refractivity contribution is 5.19. The molecule has 0 atom stereocenters. The van der Waals surface area contributed by atoms with Crippen molar-refractivity contribution in [1.29, 1.82) is 0 Å². The van der Waals surface area contributed by atoms with Crippen LogP contribution in [0.2, 0.25) is 0 Å². The Balaban J connectivity index is 4.33. The molecular weight excluding hydrogens is 134 g/mol. The lowest BCUT2D eigenvalue weighted by atomic mass is 10.0. The van der Waals surface area contributed by atoms with Crippen molar-refractivity contribution in [2.24, 2.45) is 5.92 Å². The molecule has 0 saturated carbocycles. The van der Waals surface area contributed by atoms with E-state index in [1.807, 2.05) is 21.0 Å². The second kappa shape index (κ2) is 5.00. The van der Waals surface area contributed by atoms with Crippen molar-refractivity contribution in [2.45, 2.75) is 20.8 Å². The molecule has 0 aliphatic rings. The SMILES string of the molecule is C/C=C\C(=C/N(C)C)C(C)C. The van der Waals surface area contributed by atoms with Crippen molar-refractivity contribution < 1.29 is 0 Å². The molecule has 0 bridgehead atoms. The molecule has 0 N–H and O–H groups in total. The average Bonchev–Trinajstić information content (AvgIpc) is 1.86. The summed E-state index contributed by atoms with van der Waals surface area (Å²) in [6.45, 7) is 6.45. The standard InChI is InChI=1S/C10H19N/c1-6-7-10(9(2)3)8-11(4)5/h6-9H,1-5H3/b7-6-,10-8+. The molecule has 0 radical (unpaired) electrons. The van der Waals surface area contributed by atoms with Crippen LogP contribution in [0.25, 0.3) is 0 Å². The maximum absolute atomic E-state index is 2.20. The highest BCUT2D eigenvalue weighted by atomic mass is 15.0. The molecule has 64 valence electrons. The lowest BCUT2D eigenvalue weighted by Gasteiger charge is -2.11. The van der Waals surface area contributed by atoms with Gasteiger partial charge in [-0.25, -0.2) is 0 Å². The third-order valence-electron chi connectivity index (χ3n) is 1.43. The number of nitrogens with zero attached hydrogens (tertiary/aromatic N) is 1. The van der Waals surface area contributed by atoms with Gasteiger partial charge in [-0.15, -0.1) is 0 Å². The molecule has 0 unspecified atom stereocenters. The zero-order chi connectivity index (χ0) is 8.85. The van der Waals surface area contributed by atoms with Crippen molar-refractivity contribution in [1.82, 2.24) is 4.90 Å². The molecule has 0 aliphatic carbocycles. The largest absolute Gasteiger partial charge is 0.383 e. The minimum absolute atomic E-state index is 0.605. The van der Waals surface area contributed by atoms with E-state index in [0.717, 1.165) is 0 Å². The van der Waals surface area contributed by atoms with Crippen molar-refractivity contribution in [3.63, 3.8) is 0 Å². The number of rotatable bonds is 3. The van der Waals surface area contributed by atoms with Gasteiger partial charge < -0.3 is 4.90 Å². The van der Waals surface area contributed by atoms with Gasteiger partial charge in [-0.3, -0.25) is 0 Å². The first-order chi connectivity index (χ1) is 5.07. The Kier molecular flexibility index (Phi) is 4.67. The van der Waals surface area contributed by atoms with Crippen LogP contribution in [0.5, 0.6) is 0 Å². The van der Waals surface area contributed by atoms with Gasteiger partial charge in [0.05, 0.1) is 0 Å². The molecule has 0 saturated heterocycles. The van der Waals surface area contributed by atoms with Gasteiger partial charge in [-0.1, -0.05) is 26.0 Å². The second-order valence-electron chi connectivity index (χ2n) is 3.25. The fourth-order valence-corrected chi connectivity index (χ4v) is 0.875. The summed E-state index contributed by atoms with van der Waals surface area (Å²) in [5, 5.41) is 0. The van der Waals surface area contributed by atoms with Gasteiger partial charge in [0.25, 0.3) is 0 Å². The molecule has 0 fully saturated rings. The Labute approximate surface area is 70.4 Å². The Hall–Kier alpha value is -0.720. The fourth-order valence-electron chi connectivity index (χ4n) is 0.875. The first-order valence-electron chi connectivity index (χ1n) is 4.08. The molecule has 0 rings (SSSR count). The summed E-state index contributed by atoms with van der Waals surface area (Å²) in [5.74, 6) is 0.605.